The first-order valence-electron chi connectivity index (χ1n) is 13.6. The molecule has 0 unspecified atom stereocenters. The van der Waals surface area contributed by atoms with Gasteiger partial charge in [-0.3, -0.25) is 9.69 Å². The van der Waals surface area contributed by atoms with Crippen molar-refractivity contribution in [3.05, 3.63) is 86.5 Å². The molecule has 0 bridgehead atoms. The first-order chi connectivity index (χ1) is 17.9. The van der Waals surface area contributed by atoms with Crippen molar-refractivity contribution >= 4 is 10.9 Å². The van der Waals surface area contributed by atoms with Crippen molar-refractivity contribution in [1.82, 2.24) is 30.1 Å². The maximum absolute atomic E-state index is 13.3. The average molecular weight is 499 g/mol. The molecule has 1 aliphatic carbocycles. The van der Waals surface area contributed by atoms with E-state index in [2.05, 4.69) is 93.3 Å². The average Bonchev–Trinajstić information content (AvgIpc) is 3.39. The highest BCUT2D eigenvalue weighted by Gasteiger charge is 2.29. The SMILES string of the molecule is CC[C@@H](c1nnnn1C1CCCCC1)N(Cc1ccc(C)cc1)Cc1cc2c(C)ccc(C)c2[nH]c1=O. The smallest absolute Gasteiger partial charge is 0.252 e. The number of aromatic nitrogens is 5. The van der Waals surface area contributed by atoms with Crippen LogP contribution in [0.1, 0.15) is 91.2 Å². The summed E-state index contributed by atoms with van der Waals surface area (Å²) in [6, 6.07) is 15.3. The standard InChI is InChI=1S/C30H38N6O/c1-5-27(29-32-33-34-36(29)25-9-7-6-8-10-25)35(18-23-15-11-20(2)12-16-23)19-24-17-26-21(3)13-14-22(4)28(26)31-30(24)37/h11-17,25,27H,5-10,18-19H2,1-4H3,(H,31,37)/t27-/m0/s1. The quantitative estimate of drug-likeness (QED) is 0.318. The molecule has 2 heterocycles. The van der Waals surface area contributed by atoms with E-state index in [1.54, 1.807) is 0 Å². The Labute approximate surface area is 218 Å². The van der Waals surface area contributed by atoms with Gasteiger partial charge in [-0.05, 0) is 73.2 Å². The lowest BCUT2D eigenvalue weighted by Gasteiger charge is -2.32. The molecule has 37 heavy (non-hydrogen) atoms. The predicted molar refractivity (Wildman–Crippen MR) is 147 cm³/mol. The van der Waals surface area contributed by atoms with E-state index in [9.17, 15) is 4.79 Å². The number of aryl methyl sites for hydroxylation is 3. The molecular formula is C30H38N6O. The molecular weight excluding hydrogens is 460 g/mol. The van der Waals surface area contributed by atoms with Gasteiger partial charge < -0.3 is 4.98 Å². The highest BCUT2D eigenvalue weighted by Crippen LogP contribution is 2.33. The van der Waals surface area contributed by atoms with E-state index in [1.165, 1.54) is 30.4 Å². The van der Waals surface area contributed by atoms with Crippen molar-refractivity contribution in [2.24, 2.45) is 0 Å². The molecule has 1 fully saturated rings. The van der Waals surface area contributed by atoms with Crippen LogP contribution in [0, 0.1) is 20.8 Å². The van der Waals surface area contributed by atoms with Crippen molar-refractivity contribution in [2.75, 3.05) is 0 Å². The van der Waals surface area contributed by atoms with E-state index in [-0.39, 0.29) is 11.6 Å². The van der Waals surface area contributed by atoms with Crippen LogP contribution < -0.4 is 5.56 Å². The summed E-state index contributed by atoms with van der Waals surface area (Å²) in [6.07, 6.45) is 6.82. The second-order valence-electron chi connectivity index (χ2n) is 10.7. The molecule has 194 valence electrons. The Morgan fingerprint density at radius 1 is 1.00 bits per heavy atom. The topological polar surface area (TPSA) is 79.7 Å². The summed E-state index contributed by atoms with van der Waals surface area (Å²) in [5, 5.41) is 14.2. The number of nitrogens with zero attached hydrogens (tertiary/aromatic N) is 5. The lowest BCUT2D eigenvalue weighted by molar-refractivity contribution is 0.155. The zero-order valence-electron chi connectivity index (χ0n) is 22.5. The molecule has 1 atom stereocenters. The highest BCUT2D eigenvalue weighted by molar-refractivity contribution is 5.85. The Bertz CT molecular complexity index is 1410. The molecule has 0 amide bonds. The minimum absolute atomic E-state index is 0.00747. The van der Waals surface area contributed by atoms with Crippen molar-refractivity contribution < 1.29 is 0 Å². The number of H-pyrrole nitrogens is 1. The Morgan fingerprint density at radius 2 is 1.73 bits per heavy atom. The summed E-state index contributed by atoms with van der Waals surface area (Å²) >= 11 is 0. The number of hydrogen-bond acceptors (Lipinski definition) is 5. The van der Waals surface area contributed by atoms with Gasteiger partial charge in [0.2, 0.25) is 0 Å². The van der Waals surface area contributed by atoms with Gasteiger partial charge in [-0.25, -0.2) is 4.68 Å². The van der Waals surface area contributed by atoms with E-state index >= 15 is 0 Å². The fraction of sp³-hybridized carbons (Fsp3) is 0.467. The van der Waals surface area contributed by atoms with Gasteiger partial charge >= 0.3 is 0 Å². The van der Waals surface area contributed by atoms with Crippen LogP contribution in [0.15, 0.2) is 47.3 Å². The fourth-order valence-corrected chi connectivity index (χ4v) is 5.77. The molecule has 2 aromatic heterocycles. The Kier molecular flexibility index (Phi) is 7.51. The normalized spacial score (nSPS) is 15.5. The second kappa shape index (κ2) is 11.0. The van der Waals surface area contributed by atoms with Crippen LogP contribution in [-0.2, 0) is 13.1 Å². The number of pyridine rings is 1. The Morgan fingerprint density at radius 3 is 2.46 bits per heavy atom. The molecule has 0 spiro atoms. The predicted octanol–water partition coefficient (Wildman–Crippen LogP) is 6.10. The third-order valence-corrected chi connectivity index (χ3v) is 7.96. The first kappa shape index (κ1) is 25.3. The van der Waals surface area contributed by atoms with Gasteiger partial charge in [0.05, 0.1) is 17.6 Å². The minimum Gasteiger partial charge on any atom is -0.321 e. The first-order valence-corrected chi connectivity index (χ1v) is 13.6. The van der Waals surface area contributed by atoms with E-state index in [0.717, 1.165) is 52.7 Å². The van der Waals surface area contributed by atoms with Crippen molar-refractivity contribution in [2.45, 2.75) is 91.4 Å². The number of rotatable bonds is 8. The fourth-order valence-electron chi connectivity index (χ4n) is 5.77. The monoisotopic (exact) mass is 498 g/mol. The number of nitrogens with one attached hydrogen (secondary N) is 1. The molecule has 7 heteroatoms. The maximum Gasteiger partial charge on any atom is 0.252 e. The molecule has 0 aliphatic heterocycles. The molecule has 1 aliphatic rings. The molecule has 1 saturated carbocycles. The van der Waals surface area contributed by atoms with Crippen molar-refractivity contribution in [1.29, 1.82) is 0 Å². The van der Waals surface area contributed by atoms with E-state index in [1.807, 2.05) is 6.92 Å². The second-order valence-corrected chi connectivity index (χ2v) is 10.7. The van der Waals surface area contributed by atoms with Crippen LogP contribution in [0.2, 0.25) is 0 Å². The van der Waals surface area contributed by atoms with Gasteiger partial charge in [0, 0.05) is 24.0 Å². The van der Waals surface area contributed by atoms with E-state index in [4.69, 9.17) is 0 Å². The zero-order valence-corrected chi connectivity index (χ0v) is 22.5. The summed E-state index contributed by atoms with van der Waals surface area (Å²) in [4.78, 5) is 18.9. The number of tetrazole rings is 1. The van der Waals surface area contributed by atoms with Crippen LogP contribution >= 0.6 is 0 Å². The summed E-state index contributed by atoms with van der Waals surface area (Å²) in [6.45, 7) is 9.65. The van der Waals surface area contributed by atoms with Crippen molar-refractivity contribution in [3.63, 3.8) is 0 Å². The maximum atomic E-state index is 13.3. The third-order valence-electron chi connectivity index (χ3n) is 7.96. The van der Waals surface area contributed by atoms with Gasteiger partial charge in [-0.1, -0.05) is 68.1 Å². The van der Waals surface area contributed by atoms with Gasteiger partial charge in [-0.15, -0.1) is 5.10 Å². The molecule has 5 rings (SSSR count). The van der Waals surface area contributed by atoms with Gasteiger partial charge in [-0.2, -0.15) is 0 Å². The van der Waals surface area contributed by atoms with Crippen molar-refractivity contribution in [3.8, 4) is 0 Å². The van der Waals surface area contributed by atoms with Crippen LogP contribution in [0.25, 0.3) is 10.9 Å². The molecule has 2 aromatic carbocycles. The van der Waals surface area contributed by atoms with Crippen LogP contribution in [0.4, 0.5) is 0 Å². The largest absolute Gasteiger partial charge is 0.321 e. The highest BCUT2D eigenvalue weighted by atomic mass is 16.1. The molecule has 0 radical (unpaired) electrons. The van der Waals surface area contributed by atoms with Gasteiger partial charge in [0.1, 0.15) is 0 Å². The van der Waals surface area contributed by atoms with Gasteiger partial charge in [0.25, 0.3) is 5.56 Å². The molecule has 1 N–H and O–H groups in total. The number of hydrogen-bond donors (Lipinski definition) is 1. The van der Waals surface area contributed by atoms with Gasteiger partial charge in [0.15, 0.2) is 5.82 Å². The summed E-state index contributed by atoms with van der Waals surface area (Å²) in [7, 11) is 0. The van der Waals surface area contributed by atoms with Crippen LogP contribution in [0.3, 0.4) is 0 Å². The lowest BCUT2D eigenvalue weighted by atomic mass is 9.95. The summed E-state index contributed by atoms with van der Waals surface area (Å²) < 4.78 is 2.08. The summed E-state index contributed by atoms with van der Waals surface area (Å²) in [5.41, 5.74) is 6.35. The Balaban J connectivity index is 1.55. The number of aromatic amines is 1. The number of benzene rings is 2. The van der Waals surface area contributed by atoms with E-state index < -0.39 is 0 Å². The summed E-state index contributed by atoms with van der Waals surface area (Å²) in [5.74, 6) is 0.908. The lowest BCUT2D eigenvalue weighted by Crippen LogP contribution is -2.33. The van der Waals surface area contributed by atoms with E-state index in [0.29, 0.717) is 19.1 Å². The minimum atomic E-state index is -0.0307. The van der Waals surface area contributed by atoms with Crippen LogP contribution in [0.5, 0.6) is 0 Å². The molecule has 7 nitrogen and oxygen atoms in total. The number of fused-ring (bicyclic) bond motifs is 1. The Hall–Kier alpha value is -3.32. The van der Waals surface area contributed by atoms with Crippen LogP contribution in [-0.4, -0.2) is 30.1 Å². The third kappa shape index (κ3) is 5.37. The zero-order chi connectivity index (χ0) is 25.9. The molecule has 4 aromatic rings. The molecule has 0 saturated heterocycles.